The van der Waals surface area contributed by atoms with Crippen LogP contribution in [0.2, 0.25) is 0 Å². The molecule has 0 spiro atoms. The number of anilines is 1. The van der Waals surface area contributed by atoms with Gasteiger partial charge in [0.2, 0.25) is 0 Å². The standard InChI is InChI=1S/C60H59N/c1-8-11-27-45-28-18-19-29-46(45)41-49(9-2)61(40-25-24-26-43(4)44(5)58-51(10-3)52-34-20-22-36-55(52)59(58,6)7)50-38-39-54-53-35-21-23-37-56(53)60(57(54)42-50,47-30-14-12-15-31-47)48-32-16-13-17-33-48/h8-10,12-23,25,28-40,42,49,51,58H,1-5,11,24,26-27,41H2,6-7H3/b40-25+. The molecule has 0 saturated heterocycles. The Labute approximate surface area is 365 Å². The van der Waals surface area contributed by atoms with E-state index < -0.39 is 5.41 Å². The van der Waals surface area contributed by atoms with Gasteiger partial charge in [0.05, 0.1) is 11.5 Å². The SMILES string of the molecule is C=CCCc1ccccc1CC(C=C)N(/C=C/CCC(=C)C(=C)C1C(C=C)c2ccccc2C1(C)C)c1ccc2c(c1)C(c1ccccc1)(c1ccccc1)c1ccccc1-2. The lowest BCUT2D eigenvalue weighted by atomic mass is 9.67. The zero-order valence-electron chi connectivity index (χ0n) is 36.1. The smallest absolute Gasteiger partial charge is 0.0714 e. The third kappa shape index (κ3) is 7.42. The molecule has 2 aliphatic carbocycles. The molecule has 0 aromatic heterocycles. The summed E-state index contributed by atoms with van der Waals surface area (Å²) in [5, 5.41) is 0. The first-order valence-corrected chi connectivity index (χ1v) is 21.9. The minimum Gasteiger partial charge on any atom is -0.341 e. The van der Waals surface area contributed by atoms with Crippen molar-refractivity contribution in [3.63, 3.8) is 0 Å². The Morgan fingerprint density at radius 3 is 1.93 bits per heavy atom. The van der Waals surface area contributed by atoms with Crippen LogP contribution in [0.1, 0.15) is 83.5 Å². The van der Waals surface area contributed by atoms with Crippen molar-refractivity contribution in [2.75, 3.05) is 4.90 Å². The fourth-order valence-electron chi connectivity index (χ4n) is 10.7. The van der Waals surface area contributed by atoms with E-state index in [9.17, 15) is 0 Å². The minimum absolute atomic E-state index is 0.00452. The van der Waals surface area contributed by atoms with Crippen molar-refractivity contribution in [2.24, 2.45) is 5.92 Å². The summed E-state index contributed by atoms with van der Waals surface area (Å²) >= 11 is 0. The number of allylic oxidation sites excluding steroid dienone is 5. The van der Waals surface area contributed by atoms with Gasteiger partial charge in [-0.1, -0.05) is 196 Å². The largest absolute Gasteiger partial charge is 0.341 e. The van der Waals surface area contributed by atoms with Gasteiger partial charge in [0.25, 0.3) is 0 Å². The predicted molar refractivity (Wildman–Crippen MR) is 261 cm³/mol. The zero-order chi connectivity index (χ0) is 42.6. The first-order valence-electron chi connectivity index (χ1n) is 21.9. The highest BCUT2D eigenvalue weighted by atomic mass is 15.1. The van der Waals surface area contributed by atoms with E-state index in [-0.39, 0.29) is 23.3 Å². The molecule has 3 unspecified atom stereocenters. The first-order chi connectivity index (χ1) is 29.7. The van der Waals surface area contributed by atoms with Gasteiger partial charge < -0.3 is 4.90 Å². The quantitative estimate of drug-likeness (QED) is 0.0656. The molecule has 6 aromatic rings. The number of hydrogen-bond donors (Lipinski definition) is 0. The van der Waals surface area contributed by atoms with Gasteiger partial charge in [-0.3, -0.25) is 0 Å². The molecule has 6 aromatic carbocycles. The molecule has 0 bridgehead atoms. The van der Waals surface area contributed by atoms with E-state index in [1.807, 2.05) is 6.08 Å². The van der Waals surface area contributed by atoms with Gasteiger partial charge in [-0.2, -0.15) is 0 Å². The maximum atomic E-state index is 4.71. The van der Waals surface area contributed by atoms with Gasteiger partial charge in [0, 0.05) is 23.7 Å². The van der Waals surface area contributed by atoms with Crippen molar-refractivity contribution in [3.05, 3.63) is 271 Å². The van der Waals surface area contributed by atoms with E-state index in [4.69, 9.17) is 6.58 Å². The van der Waals surface area contributed by atoms with Gasteiger partial charge in [-0.15, -0.1) is 19.7 Å². The Kier molecular flexibility index (Phi) is 12.0. The highest BCUT2D eigenvalue weighted by molar-refractivity contribution is 5.87. The van der Waals surface area contributed by atoms with Gasteiger partial charge >= 0.3 is 0 Å². The molecule has 0 saturated carbocycles. The molecular weight excluding hydrogens is 735 g/mol. The zero-order valence-corrected chi connectivity index (χ0v) is 36.1. The van der Waals surface area contributed by atoms with Crippen LogP contribution in [0.5, 0.6) is 0 Å². The second-order valence-electron chi connectivity index (χ2n) is 17.4. The predicted octanol–water partition coefficient (Wildman–Crippen LogP) is 15.1. The van der Waals surface area contributed by atoms with Crippen LogP contribution < -0.4 is 4.90 Å². The number of hydrogen-bond acceptors (Lipinski definition) is 1. The average molecular weight is 794 g/mol. The molecule has 1 heteroatoms. The normalized spacial score (nSPS) is 17.1. The molecule has 0 amide bonds. The highest BCUT2D eigenvalue weighted by Crippen LogP contribution is 2.57. The summed E-state index contributed by atoms with van der Waals surface area (Å²) in [6.45, 7) is 26.8. The lowest BCUT2D eigenvalue weighted by Gasteiger charge is -2.35. The van der Waals surface area contributed by atoms with Crippen LogP contribution in [-0.4, -0.2) is 6.04 Å². The van der Waals surface area contributed by atoms with E-state index in [0.29, 0.717) is 0 Å². The summed E-state index contributed by atoms with van der Waals surface area (Å²) < 4.78 is 0. The Hall–Kier alpha value is -6.44. The second-order valence-corrected chi connectivity index (χ2v) is 17.4. The first kappa shape index (κ1) is 41.3. The Bertz CT molecular complexity index is 2560. The number of benzene rings is 6. The van der Waals surface area contributed by atoms with Crippen LogP contribution in [0.3, 0.4) is 0 Å². The molecule has 3 atom stereocenters. The summed E-state index contributed by atoms with van der Waals surface area (Å²) in [5.41, 5.74) is 15.9. The monoisotopic (exact) mass is 793 g/mol. The molecule has 1 nitrogen and oxygen atoms in total. The Morgan fingerprint density at radius 1 is 0.656 bits per heavy atom. The van der Waals surface area contributed by atoms with Crippen molar-refractivity contribution in [2.45, 2.75) is 68.7 Å². The fourth-order valence-corrected chi connectivity index (χ4v) is 10.7. The van der Waals surface area contributed by atoms with E-state index in [0.717, 1.165) is 48.9 Å². The molecule has 0 aliphatic heterocycles. The van der Waals surface area contributed by atoms with Crippen LogP contribution in [0, 0.1) is 5.92 Å². The van der Waals surface area contributed by atoms with Crippen LogP contribution in [0.4, 0.5) is 5.69 Å². The molecule has 8 rings (SSSR count). The second kappa shape index (κ2) is 17.6. The molecule has 304 valence electrons. The number of nitrogens with zero attached hydrogens (tertiary/aromatic N) is 1. The Balaban J connectivity index is 1.17. The van der Waals surface area contributed by atoms with Crippen molar-refractivity contribution >= 4 is 5.69 Å². The molecule has 0 N–H and O–H groups in total. The summed E-state index contributed by atoms with van der Waals surface area (Å²) in [7, 11) is 0. The van der Waals surface area contributed by atoms with Gasteiger partial charge in [0.15, 0.2) is 0 Å². The van der Waals surface area contributed by atoms with E-state index in [2.05, 4.69) is 221 Å². The van der Waals surface area contributed by atoms with Crippen molar-refractivity contribution in [1.82, 2.24) is 0 Å². The highest BCUT2D eigenvalue weighted by Gasteiger charge is 2.47. The van der Waals surface area contributed by atoms with Gasteiger partial charge in [-0.05, 0) is 111 Å². The van der Waals surface area contributed by atoms with Crippen LogP contribution in [-0.2, 0) is 23.7 Å². The summed E-state index contributed by atoms with van der Waals surface area (Å²) in [6, 6.07) is 55.8. The number of rotatable bonds is 17. The molecule has 0 fully saturated rings. The summed E-state index contributed by atoms with van der Waals surface area (Å²) in [6.07, 6.45) is 15.3. The van der Waals surface area contributed by atoms with Gasteiger partial charge in [-0.25, -0.2) is 0 Å². The van der Waals surface area contributed by atoms with E-state index >= 15 is 0 Å². The van der Waals surface area contributed by atoms with Crippen LogP contribution in [0.15, 0.2) is 226 Å². The molecular formula is C60H59N. The molecule has 2 aliphatic rings. The maximum Gasteiger partial charge on any atom is 0.0714 e. The maximum absolute atomic E-state index is 4.71. The van der Waals surface area contributed by atoms with Crippen LogP contribution in [0.25, 0.3) is 11.1 Å². The van der Waals surface area contributed by atoms with Gasteiger partial charge in [0.1, 0.15) is 0 Å². The Morgan fingerprint density at radius 2 is 1.26 bits per heavy atom. The summed E-state index contributed by atoms with van der Waals surface area (Å²) in [4.78, 5) is 2.45. The molecule has 61 heavy (non-hydrogen) atoms. The third-order valence-corrected chi connectivity index (χ3v) is 13.6. The lowest BCUT2D eigenvalue weighted by Crippen LogP contribution is -2.32. The van der Waals surface area contributed by atoms with Crippen molar-refractivity contribution in [1.29, 1.82) is 0 Å². The topological polar surface area (TPSA) is 3.24 Å². The van der Waals surface area contributed by atoms with Crippen molar-refractivity contribution in [3.8, 4) is 11.1 Å². The third-order valence-electron chi connectivity index (χ3n) is 13.6. The summed E-state index contributed by atoms with van der Waals surface area (Å²) in [5.74, 6) is 0.431. The van der Waals surface area contributed by atoms with E-state index in [1.54, 1.807) is 0 Å². The van der Waals surface area contributed by atoms with Crippen molar-refractivity contribution < 1.29 is 0 Å². The molecule has 0 radical (unpaired) electrons. The fraction of sp³-hybridized carbons (Fsp3) is 0.200. The average Bonchev–Trinajstić information content (AvgIpc) is 3.73. The molecule has 0 heterocycles. The van der Waals surface area contributed by atoms with Crippen LogP contribution >= 0.6 is 0 Å². The lowest BCUT2D eigenvalue weighted by molar-refractivity contribution is 0.381. The minimum atomic E-state index is -0.490. The number of aryl methyl sites for hydroxylation is 1. The number of fused-ring (bicyclic) bond motifs is 4. The van der Waals surface area contributed by atoms with E-state index in [1.165, 1.54) is 55.6 Å².